The number of hydrogen-bond donors (Lipinski definition) is 1. The van der Waals surface area contributed by atoms with Gasteiger partial charge < -0.3 is 14.7 Å². The number of nitrogens with one attached hydrogen (secondary N) is 1. The molecule has 0 spiro atoms. The third-order valence-corrected chi connectivity index (χ3v) is 4.45. The van der Waals surface area contributed by atoms with Gasteiger partial charge in [-0.15, -0.1) is 0 Å². The van der Waals surface area contributed by atoms with Gasteiger partial charge in [0.05, 0.1) is 17.4 Å². The van der Waals surface area contributed by atoms with Crippen molar-refractivity contribution in [3.05, 3.63) is 34.6 Å². The van der Waals surface area contributed by atoms with Gasteiger partial charge in [-0.3, -0.25) is 4.79 Å². The SMILES string of the molecule is CCc1noc(C)c1C(=O)N1CCCC1c1cc(NC)nc(C)n1. The molecule has 0 aliphatic carbocycles. The lowest BCUT2D eigenvalue weighted by atomic mass is 10.1. The molecule has 2 aromatic rings. The Labute approximate surface area is 141 Å². The fourth-order valence-corrected chi connectivity index (χ4v) is 3.28. The van der Waals surface area contributed by atoms with E-state index in [1.165, 1.54) is 0 Å². The maximum atomic E-state index is 13.1. The van der Waals surface area contributed by atoms with E-state index in [1.807, 2.05) is 31.9 Å². The van der Waals surface area contributed by atoms with Crippen molar-refractivity contribution < 1.29 is 9.32 Å². The minimum absolute atomic E-state index is 0.0182. The van der Waals surface area contributed by atoms with Crippen molar-refractivity contribution in [1.29, 1.82) is 0 Å². The largest absolute Gasteiger partial charge is 0.373 e. The molecule has 7 heteroatoms. The molecule has 0 radical (unpaired) electrons. The van der Waals surface area contributed by atoms with E-state index in [0.29, 0.717) is 23.6 Å². The maximum Gasteiger partial charge on any atom is 0.259 e. The monoisotopic (exact) mass is 329 g/mol. The van der Waals surface area contributed by atoms with Crippen molar-refractivity contribution >= 4 is 11.7 Å². The fourth-order valence-electron chi connectivity index (χ4n) is 3.28. The van der Waals surface area contributed by atoms with E-state index in [9.17, 15) is 4.79 Å². The van der Waals surface area contributed by atoms with Crippen molar-refractivity contribution in [1.82, 2.24) is 20.0 Å². The molecule has 1 amide bonds. The topological polar surface area (TPSA) is 84.2 Å². The molecule has 1 unspecified atom stereocenters. The van der Waals surface area contributed by atoms with Crippen molar-refractivity contribution in [2.45, 2.75) is 46.1 Å². The fraction of sp³-hybridized carbons (Fsp3) is 0.529. The molecule has 128 valence electrons. The highest BCUT2D eigenvalue weighted by molar-refractivity contribution is 5.96. The number of nitrogens with zero attached hydrogens (tertiary/aromatic N) is 4. The summed E-state index contributed by atoms with van der Waals surface area (Å²) in [5, 5.41) is 7.06. The van der Waals surface area contributed by atoms with E-state index in [0.717, 1.165) is 36.6 Å². The van der Waals surface area contributed by atoms with E-state index in [-0.39, 0.29) is 11.9 Å². The van der Waals surface area contributed by atoms with Crippen LogP contribution in [0, 0.1) is 13.8 Å². The molecular weight excluding hydrogens is 306 g/mol. The van der Waals surface area contributed by atoms with Crippen LogP contribution in [0.25, 0.3) is 0 Å². The van der Waals surface area contributed by atoms with Gasteiger partial charge in [-0.2, -0.15) is 0 Å². The minimum Gasteiger partial charge on any atom is -0.373 e. The van der Waals surface area contributed by atoms with Gasteiger partial charge in [0, 0.05) is 19.7 Å². The molecule has 2 aromatic heterocycles. The molecule has 1 aliphatic rings. The Kier molecular flexibility index (Phi) is 4.51. The van der Waals surface area contributed by atoms with Crippen molar-refractivity contribution in [2.75, 3.05) is 18.9 Å². The van der Waals surface area contributed by atoms with E-state index in [1.54, 1.807) is 6.92 Å². The Morgan fingerprint density at radius 3 is 2.92 bits per heavy atom. The first-order valence-corrected chi connectivity index (χ1v) is 8.34. The van der Waals surface area contributed by atoms with Crippen LogP contribution in [0.15, 0.2) is 10.6 Å². The van der Waals surface area contributed by atoms with Crippen LogP contribution >= 0.6 is 0 Å². The van der Waals surface area contributed by atoms with Crippen molar-refractivity contribution in [3.63, 3.8) is 0 Å². The zero-order chi connectivity index (χ0) is 17.3. The van der Waals surface area contributed by atoms with Crippen LogP contribution in [0.5, 0.6) is 0 Å². The molecule has 1 aliphatic heterocycles. The number of rotatable bonds is 4. The third kappa shape index (κ3) is 2.86. The molecule has 0 aromatic carbocycles. The minimum atomic E-state index is -0.0368. The summed E-state index contributed by atoms with van der Waals surface area (Å²) in [7, 11) is 1.83. The molecule has 1 fully saturated rings. The van der Waals surface area contributed by atoms with Gasteiger partial charge in [-0.25, -0.2) is 9.97 Å². The second-order valence-corrected chi connectivity index (χ2v) is 6.05. The summed E-state index contributed by atoms with van der Waals surface area (Å²) in [6.45, 7) is 6.35. The summed E-state index contributed by atoms with van der Waals surface area (Å²) in [6.07, 6.45) is 2.53. The molecule has 0 bridgehead atoms. The first-order valence-electron chi connectivity index (χ1n) is 8.34. The quantitative estimate of drug-likeness (QED) is 0.928. The standard InChI is InChI=1S/C17H23N5O2/c1-5-12-16(10(2)24-21-12)17(23)22-8-6-7-14(22)13-9-15(18-4)20-11(3)19-13/h9,14H,5-8H2,1-4H3,(H,18,19,20). The average molecular weight is 329 g/mol. The Morgan fingerprint density at radius 1 is 1.42 bits per heavy atom. The molecule has 3 rings (SSSR count). The van der Waals surface area contributed by atoms with E-state index in [4.69, 9.17) is 4.52 Å². The average Bonchev–Trinajstić information content (AvgIpc) is 3.20. The van der Waals surface area contributed by atoms with Crippen LogP contribution in [0.4, 0.5) is 5.82 Å². The number of likely N-dealkylation sites (tertiary alicyclic amines) is 1. The Hall–Kier alpha value is -2.44. The van der Waals surface area contributed by atoms with Crippen molar-refractivity contribution in [3.8, 4) is 0 Å². The zero-order valence-electron chi connectivity index (χ0n) is 14.6. The predicted molar refractivity (Wildman–Crippen MR) is 89.9 cm³/mol. The lowest BCUT2D eigenvalue weighted by Crippen LogP contribution is -2.32. The Balaban J connectivity index is 1.95. The van der Waals surface area contributed by atoms with Gasteiger partial charge >= 0.3 is 0 Å². The number of carbonyl (C=O) groups is 1. The van der Waals surface area contributed by atoms with Crippen LogP contribution in [-0.2, 0) is 6.42 Å². The molecule has 24 heavy (non-hydrogen) atoms. The summed E-state index contributed by atoms with van der Waals surface area (Å²) >= 11 is 0. The highest BCUT2D eigenvalue weighted by Gasteiger charge is 2.34. The number of carbonyl (C=O) groups excluding carboxylic acids is 1. The van der Waals surface area contributed by atoms with E-state index >= 15 is 0 Å². The number of hydrogen-bond acceptors (Lipinski definition) is 6. The Morgan fingerprint density at radius 2 is 2.21 bits per heavy atom. The van der Waals surface area contributed by atoms with Gasteiger partial charge in [0.25, 0.3) is 5.91 Å². The summed E-state index contributed by atoms with van der Waals surface area (Å²) in [6, 6.07) is 1.88. The highest BCUT2D eigenvalue weighted by atomic mass is 16.5. The van der Waals surface area contributed by atoms with Crippen LogP contribution in [0.3, 0.4) is 0 Å². The molecule has 0 saturated carbocycles. The predicted octanol–water partition coefficient (Wildman–Crippen LogP) is 2.66. The number of amides is 1. The number of aryl methyl sites for hydroxylation is 3. The second kappa shape index (κ2) is 6.59. The normalized spacial score (nSPS) is 17.3. The second-order valence-electron chi connectivity index (χ2n) is 6.05. The zero-order valence-corrected chi connectivity index (χ0v) is 14.6. The number of anilines is 1. The van der Waals surface area contributed by atoms with Crippen LogP contribution in [0.2, 0.25) is 0 Å². The van der Waals surface area contributed by atoms with E-state index < -0.39 is 0 Å². The van der Waals surface area contributed by atoms with Gasteiger partial charge in [0.1, 0.15) is 23.0 Å². The maximum absolute atomic E-state index is 13.1. The molecule has 1 atom stereocenters. The summed E-state index contributed by atoms with van der Waals surface area (Å²) in [5.74, 6) is 2.03. The summed E-state index contributed by atoms with van der Waals surface area (Å²) in [5.41, 5.74) is 2.20. The third-order valence-electron chi connectivity index (χ3n) is 4.45. The van der Waals surface area contributed by atoms with Gasteiger partial charge in [-0.1, -0.05) is 12.1 Å². The Bertz CT molecular complexity index is 755. The molecular formula is C17H23N5O2. The van der Waals surface area contributed by atoms with Crippen molar-refractivity contribution in [2.24, 2.45) is 0 Å². The first-order chi connectivity index (χ1) is 11.5. The summed E-state index contributed by atoms with van der Waals surface area (Å²) < 4.78 is 5.23. The first kappa shape index (κ1) is 16.4. The molecule has 1 N–H and O–H groups in total. The van der Waals surface area contributed by atoms with Gasteiger partial charge in [-0.05, 0) is 33.1 Å². The number of aromatic nitrogens is 3. The highest BCUT2D eigenvalue weighted by Crippen LogP contribution is 2.34. The molecule has 3 heterocycles. The van der Waals surface area contributed by atoms with Gasteiger partial charge in [0.15, 0.2) is 0 Å². The van der Waals surface area contributed by atoms with Crippen LogP contribution in [0.1, 0.15) is 59.1 Å². The molecule has 7 nitrogen and oxygen atoms in total. The smallest absolute Gasteiger partial charge is 0.259 e. The molecule has 1 saturated heterocycles. The van der Waals surface area contributed by atoms with E-state index in [2.05, 4.69) is 20.4 Å². The lowest BCUT2D eigenvalue weighted by molar-refractivity contribution is 0.0730. The lowest BCUT2D eigenvalue weighted by Gasteiger charge is -2.24. The van der Waals surface area contributed by atoms with Crippen LogP contribution < -0.4 is 5.32 Å². The van der Waals surface area contributed by atoms with Gasteiger partial charge in [0.2, 0.25) is 0 Å². The summed E-state index contributed by atoms with van der Waals surface area (Å²) in [4.78, 5) is 23.9. The van der Waals surface area contributed by atoms with Crippen LogP contribution in [-0.4, -0.2) is 39.5 Å².